The maximum atomic E-state index is 13.3. The summed E-state index contributed by atoms with van der Waals surface area (Å²) in [7, 11) is -5.26. The normalized spacial score (nSPS) is 12.9. The van der Waals surface area contributed by atoms with Crippen LogP contribution in [0.5, 0.6) is 5.75 Å². The van der Waals surface area contributed by atoms with Crippen LogP contribution in [0.1, 0.15) is 55.9 Å². The summed E-state index contributed by atoms with van der Waals surface area (Å²) < 4.78 is 45.6. The Kier molecular flexibility index (Phi) is 12.6. The van der Waals surface area contributed by atoms with Crippen LogP contribution in [-0.2, 0) is 31.3 Å². The molecule has 0 aliphatic rings. The zero-order valence-corrected chi connectivity index (χ0v) is 29.8. The molecule has 9 heteroatoms. The number of carboxylic acid groups (broad SMARTS) is 1. The zero-order valence-electron chi connectivity index (χ0n) is 27.9. The SMILES string of the molecule is Cc1cc(C)c(CCCO[P+](=O)CC(CC(=O)O)O[Si](c2ccccc2)(c2ccccc2)C(C)(C)C)c(OCc2ccc(F)cc2)c1. The third kappa shape index (κ3) is 9.68. The van der Waals surface area contributed by atoms with Gasteiger partial charge in [-0.25, -0.2) is 4.39 Å². The molecule has 2 atom stereocenters. The molecule has 0 heterocycles. The second-order valence-electron chi connectivity index (χ2n) is 12.9. The van der Waals surface area contributed by atoms with E-state index < -0.39 is 28.4 Å². The topological polar surface area (TPSA) is 82.1 Å². The quantitative estimate of drug-likeness (QED) is 0.0734. The van der Waals surface area contributed by atoms with E-state index in [1.54, 1.807) is 12.1 Å². The fourth-order valence-electron chi connectivity index (χ4n) is 6.06. The molecule has 0 amide bonds. The standard InChI is InChI=1S/C38H44FO6PSi/c1-28-23-29(2)35(36(24-28)43-26-30-18-20-31(39)21-19-30)17-12-22-44-46(42)27-32(25-37(40)41)45-47(38(3,4)5,33-13-8-6-9-14-33)34-15-10-7-11-16-34/h6-11,13-16,18-21,23-24,32H,12,17,22,25-27H2,1-5H3/p+1. The van der Waals surface area contributed by atoms with E-state index in [4.69, 9.17) is 13.7 Å². The first-order valence-corrected chi connectivity index (χ1v) is 19.2. The van der Waals surface area contributed by atoms with E-state index in [-0.39, 0.29) is 30.0 Å². The van der Waals surface area contributed by atoms with Gasteiger partial charge >= 0.3 is 14.0 Å². The minimum absolute atomic E-state index is 0.0261. The minimum Gasteiger partial charge on any atom is -0.489 e. The number of ether oxygens (including phenoxy) is 1. The van der Waals surface area contributed by atoms with E-state index in [1.807, 2.05) is 80.6 Å². The molecule has 0 radical (unpaired) electrons. The van der Waals surface area contributed by atoms with Crippen LogP contribution < -0.4 is 15.1 Å². The lowest BCUT2D eigenvalue weighted by atomic mass is 10.0. The molecule has 4 aromatic carbocycles. The highest BCUT2D eigenvalue weighted by atomic mass is 31.1. The Morgan fingerprint density at radius 1 is 0.915 bits per heavy atom. The smallest absolute Gasteiger partial charge is 0.489 e. The van der Waals surface area contributed by atoms with Crippen molar-refractivity contribution in [2.45, 2.75) is 71.6 Å². The Labute approximate surface area is 279 Å². The zero-order chi connectivity index (χ0) is 34.0. The first-order chi connectivity index (χ1) is 22.4. The van der Waals surface area contributed by atoms with Gasteiger partial charge < -0.3 is 14.3 Å². The number of hydrogen-bond donors (Lipinski definition) is 1. The third-order valence-electron chi connectivity index (χ3n) is 8.21. The summed E-state index contributed by atoms with van der Waals surface area (Å²) in [6.07, 6.45) is 0.115. The van der Waals surface area contributed by atoms with Crippen LogP contribution in [0.2, 0.25) is 5.04 Å². The van der Waals surface area contributed by atoms with Gasteiger partial charge in [0.25, 0.3) is 8.32 Å². The predicted octanol–water partition coefficient (Wildman–Crippen LogP) is 8.13. The Morgan fingerprint density at radius 3 is 2.06 bits per heavy atom. The lowest BCUT2D eigenvalue weighted by molar-refractivity contribution is -0.138. The van der Waals surface area contributed by atoms with Crippen molar-refractivity contribution in [1.82, 2.24) is 0 Å². The highest BCUT2D eigenvalue weighted by molar-refractivity contribution is 7.39. The van der Waals surface area contributed by atoms with Crippen molar-refractivity contribution >= 4 is 32.7 Å². The first kappa shape index (κ1) is 36.2. The van der Waals surface area contributed by atoms with E-state index in [0.717, 1.165) is 38.4 Å². The van der Waals surface area contributed by atoms with Crippen LogP contribution in [0.25, 0.3) is 0 Å². The van der Waals surface area contributed by atoms with Crippen molar-refractivity contribution < 1.29 is 32.5 Å². The Bertz CT molecular complexity index is 1580. The molecular formula is C38H45FO6PSi+. The molecule has 1 N–H and O–H groups in total. The number of carbonyl (C=O) groups is 1. The van der Waals surface area contributed by atoms with E-state index in [0.29, 0.717) is 19.4 Å². The monoisotopic (exact) mass is 675 g/mol. The molecule has 0 bridgehead atoms. The maximum absolute atomic E-state index is 13.3. The summed E-state index contributed by atoms with van der Waals surface area (Å²) in [6.45, 7) is 11.0. The van der Waals surface area contributed by atoms with Gasteiger partial charge in [0.2, 0.25) is 6.16 Å². The summed E-state index contributed by atoms with van der Waals surface area (Å²) in [4.78, 5) is 12.0. The Balaban J connectivity index is 1.45. The predicted molar refractivity (Wildman–Crippen MR) is 188 cm³/mol. The van der Waals surface area contributed by atoms with Crippen LogP contribution in [0.4, 0.5) is 4.39 Å². The van der Waals surface area contributed by atoms with Crippen LogP contribution in [0.15, 0.2) is 97.1 Å². The van der Waals surface area contributed by atoms with Gasteiger partial charge in [-0.05, 0) is 87.1 Å². The maximum Gasteiger partial charge on any atom is 0.510 e. The molecule has 47 heavy (non-hydrogen) atoms. The van der Waals surface area contributed by atoms with E-state index in [1.165, 1.54) is 12.1 Å². The van der Waals surface area contributed by atoms with Crippen LogP contribution in [-0.4, -0.2) is 38.3 Å². The third-order valence-corrected chi connectivity index (χ3v) is 14.5. The van der Waals surface area contributed by atoms with Crippen LogP contribution >= 0.6 is 8.03 Å². The van der Waals surface area contributed by atoms with Crippen molar-refractivity contribution in [3.8, 4) is 5.75 Å². The fraction of sp³-hybridized carbons (Fsp3) is 0.342. The van der Waals surface area contributed by atoms with E-state index >= 15 is 0 Å². The van der Waals surface area contributed by atoms with E-state index in [2.05, 4.69) is 26.8 Å². The molecule has 0 saturated carbocycles. The summed E-state index contributed by atoms with van der Waals surface area (Å²) in [5.41, 5.74) is 4.07. The lowest BCUT2D eigenvalue weighted by Crippen LogP contribution is -2.68. The molecule has 0 saturated heterocycles. The lowest BCUT2D eigenvalue weighted by Gasteiger charge is -2.44. The molecule has 0 fully saturated rings. The second kappa shape index (κ2) is 16.4. The van der Waals surface area contributed by atoms with Gasteiger partial charge in [0.15, 0.2) is 0 Å². The molecule has 0 aromatic heterocycles. The highest BCUT2D eigenvalue weighted by Crippen LogP contribution is 2.39. The average Bonchev–Trinajstić information content (AvgIpc) is 3.02. The molecule has 6 nitrogen and oxygen atoms in total. The van der Waals surface area contributed by atoms with Crippen molar-refractivity contribution in [1.29, 1.82) is 0 Å². The van der Waals surface area contributed by atoms with Crippen molar-refractivity contribution in [3.05, 3.63) is 125 Å². The number of rotatable bonds is 16. The van der Waals surface area contributed by atoms with Crippen LogP contribution in [0, 0.1) is 19.7 Å². The van der Waals surface area contributed by atoms with Crippen molar-refractivity contribution in [2.24, 2.45) is 0 Å². The molecule has 2 unspecified atom stereocenters. The van der Waals surface area contributed by atoms with Gasteiger partial charge in [-0.2, -0.15) is 0 Å². The molecule has 0 spiro atoms. The Hall–Kier alpha value is -3.68. The molecule has 0 aliphatic heterocycles. The number of benzene rings is 4. The number of carboxylic acids is 1. The highest BCUT2D eigenvalue weighted by Gasteiger charge is 2.52. The van der Waals surface area contributed by atoms with Gasteiger partial charge in [-0.1, -0.05) is 99.6 Å². The fourth-order valence-corrected chi connectivity index (χ4v) is 11.9. The summed E-state index contributed by atoms with van der Waals surface area (Å²) in [5.74, 6) is -0.543. The molecule has 4 aromatic rings. The van der Waals surface area contributed by atoms with Crippen molar-refractivity contribution in [2.75, 3.05) is 12.8 Å². The number of hydrogen-bond acceptors (Lipinski definition) is 5. The van der Waals surface area contributed by atoms with Crippen molar-refractivity contribution in [3.63, 3.8) is 0 Å². The second-order valence-corrected chi connectivity index (χ2v) is 18.5. The molecule has 4 rings (SSSR count). The first-order valence-electron chi connectivity index (χ1n) is 15.9. The van der Waals surface area contributed by atoms with Gasteiger partial charge in [-0.15, -0.1) is 4.52 Å². The summed E-state index contributed by atoms with van der Waals surface area (Å²) in [5, 5.41) is 11.5. The summed E-state index contributed by atoms with van der Waals surface area (Å²) in [6, 6.07) is 30.3. The average molecular weight is 676 g/mol. The molecular weight excluding hydrogens is 630 g/mol. The molecule has 248 valence electrons. The largest absolute Gasteiger partial charge is 0.510 e. The van der Waals surface area contributed by atoms with Gasteiger partial charge in [0.1, 0.15) is 30.9 Å². The van der Waals surface area contributed by atoms with Gasteiger partial charge in [0, 0.05) is 0 Å². The minimum atomic E-state index is -3.06. The van der Waals surface area contributed by atoms with Gasteiger partial charge in [-0.3, -0.25) is 4.79 Å². The summed E-state index contributed by atoms with van der Waals surface area (Å²) >= 11 is 0. The molecule has 0 aliphatic carbocycles. The van der Waals surface area contributed by atoms with Crippen LogP contribution in [0.3, 0.4) is 0 Å². The number of halogens is 1. The van der Waals surface area contributed by atoms with E-state index in [9.17, 15) is 18.9 Å². The van der Waals surface area contributed by atoms with Gasteiger partial charge in [0.05, 0.1) is 6.42 Å². The Morgan fingerprint density at radius 2 is 1.51 bits per heavy atom. The number of aryl methyl sites for hydroxylation is 2. The number of aliphatic carboxylic acids is 1.